The SMILES string of the molecule is NCCNC(=O)C1CCCCN1Cc1ccccc1. The number of nitrogens with zero attached hydrogens (tertiary/aromatic N) is 1. The fraction of sp³-hybridized carbons (Fsp3) is 0.533. The van der Waals surface area contributed by atoms with Crippen LogP contribution in [0, 0.1) is 0 Å². The first-order valence-electron chi connectivity index (χ1n) is 7.07. The summed E-state index contributed by atoms with van der Waals surface area (Å²) in [5.74, 6) is 0.126. The second-order valence-corrected chi connectivity index (χ2v) is 5.05. The Bertz CT molecular complexity index is 394. The quantitative estimate of drug-likeness (QED) is 0.835. The van der Waals surface area contributed by atoms with Crippen molar-refractivity contribution >= 4 is 5.91 Å². The minimum absolute atomic E-state index is 0.000469. The number of nitrogens with one attached hydrogen (secondary N) is 1. The van der Waals surface area contributed by atoms with Gasteiger partial charge < -0.3 is 11.1 Å². The summed E-state index contributed by atoms with van der Waals surface area (Å²) in [6, 6.07) is 10.3. The smallest absolute Gasteiger partial charge is 0.237 e. The van der Waals surface area contributed by atoms with E-state index in [1.807, 2.05) is 18.2 Å². The number of hydrogen-bond donors (Lipinski definition) is 2. The Morgan fingerprint density at radius 1 is 1.32 bits per heavy atom. The molecule has 0 saturated carbocycles. The molecule has 0 spiro atoms. The van der Waals surface area contributed by atoms with Crippen LogP contribution in [-0.2, 0) is 11.3 Å². The van der Waals surface area contributed by atoms with Crippen molar-refractivity contribution in [2.45, 2.75) is 31.8 Å². The standard InChI is InChI=1S/C15H23N3O/c16-9-10-17-15(19)14-8-4-5-11-18(14)12-13-6-2-1-3-7-13/h1-3,6-7,14H,4-5,8-12,16H2,(H,17,19). The molecule has 4 heteroatoms. The van der Waals surface area contributed by atoms with Crippen LogP contribution in [0.2, 0.25) is 0 Å². The molecule has 3 N–H and O–H groups in total. The van der Waals surface area contributed by atoms with Gasteiger partial charge in [-0.1, -0.05) is 36.8 Å². The molecule has 104 valence electrons. The van der Waals surface area contributed by atoms with Crippen molar-refractivity contribution in [3.8, 4) is 0 Å². The lowest BCUT2D eigenvalue weighted by Crippen LogP contribution is -2.49. The largest absolute Gasteiger partial charge is 0.353 e. The molecule has 2 rings (SSSR count). The molecule has 0 bridgehead atoms. The maximum Gasteiger partial charge on any atom is 0.237 e. The van der Waals surface area contributed by atoms with Crippen LogP contribution in [0.3, 0.4) is 0 Å². The molecule has 1 aliphatic rings. The summed E-state index contributed by atoms with van der Waals surface area (Å²) in [4.78, 5) is 14.4. The van der Waals surface area contributed by atoms with Gasteiger partial charge in [0.1, 0.15) is 0 Å². The summed E-state index contributed by atoms with van der Waals surface area (Å²) < 4.78 is 0. The molecule has 1 aromatic carbocycles. The summed E-state index contributed by atoms with van der Waals surface area (Å²) in [7, 11) is 0. The maximum absolute atomic E-state index is 12.1. The molecule has 1 amide bonds. The highest BCUT2D eigenvalue weighted by Gasteiger charge is 2.28. The molecule has 1 saturated heterocycles. The number of piperidine rings is 1. The van der Waals surface area contributed by atoms with E-state index in [-0.39, 0.29) is 11.9 Å². The van der Waals surface area contributed by atoms with Crippen molar-refractivity contribution in [3.05, 3.63) is 35.9 Å². The van der Waals surface area contributed by atoms with Crippen LogP contribution in [0.15, 0.2) is 30.3 Å². The first-order chi connectivity index (χ1) is 9.31. The fourth-order valence-electron chi connectivity index (χ4n) is 2.61. The van der Waals surface area contributed by atoms with Crippen molar-refractivity contribution in [1.29, 1.82) is 0 Å². The number of carbonyl (C=O) groups is 1. The Hall–Kier alpha value is -1.39. The summed E-state index contributed by atoms with van der Waals surface area (Å²) >= 11 is 0. The third kappa shape index (κ3) is 4.04. The van der Waals surface area contributed by atoms with E-state index < -0.39 is 0 Å². The lowest BCUT2D eigenvalue weighted by molar-refractivity contribution is -0.127. The van der Waals surface area contributed by atoms with Gasteiger partial charge in [-0.3, -0.25) is 9.69 Å². The van der Waals surface area contributed by atoms with E-state index in [0.29, 0.717) is 13.1 Å². The zero-order valence-electron chi connectivity index (χ0n) is 11.3. The van der Waals surface area contributed by atoms with Gasteiger partial charge in [0, 0.05) is 19.6 Å². The van der Waals surface area contributed by atoms with Crippen molar-refractivity contribution in [3.63, 3.8) is 0 Å². The van der Waals surface area contributed by atoms with E-state index in [9.17, 15) is 4.79 Å². The third-order valence-electron chi connectivity index (χ3n) is 3.59. The second-order valence-electron chi connectivity index (χ2n) is 5.05. The molecule has 1 unspecified atom stereocenters. The summed E-state index contributed by atoms with van der Waals surface area (Å²) in [5, 5.41) is 2.91. The second kappa shape index (κ2) is 7.26. The van der Waals surface area contributed by atoms with Gasteiger partial charge in [-0.25, -0.2) is 0 Å². The molecule has 0 radical (unpaired) electrons. The highest BCUT2D eigenvalue weighted by atomic mass is 16.2. The van der Waals surface area contributed by atoms with E-state index in [1.165, 1.54) is 12.0 Å². The van der Waals surface area contributed by atoms with Gasteiger partial charge in [-0.05, 0) is 24.9 Å². The minimum atomic E-state index is 0.000469. The first-order valence-corrected chi connectivity index (χ1v) is 7.07. The number of carbonyl (C=O) groups excluding carboxylic acids is 1. The molecule has 1 fully saturated rings. The van der Waals surface area contributed by atoms with Gasteiger partial charge in [0.2, 0.25) is 5.91 Å². The highest BCUT2D eigenvalue weighted by molar-refractivity contribution is 5.81. The first kappa shape index (κ1) is 14.0. The molecule has 1 aromatic rings. The molecule has 0 aliphatic carbocycles. The van der Waals surface area contributed by atoms with E-state index in [1.54, 1.807) is 0 Å². The average molecular weight is 261 g/mol. The molecular weight excluding hydrogens is 238 g/mol. The number of nitrogens with two attached hydrogens (primary N) is 1. The third-order valence-corrected chi connectivity index (χ3v) is 3.59. The van der Waals surface area contributed by atoms with Gasteiger partial charge in [0.15, 0.2) is 0 Å². The highest BCUT2D eigenvalue weighted by Crippen LogP contribution is 2.19. The number of amides is 1. The molecule has 1 atom stereocenters. The molecule has 0 aromatic heterocycles. The van der Waals surface area contributed by atoms with Crippen molar-refractivity contribution in [1.82, 2.24) is 10.2 Å². The Morgan fingerprint density at radius 2 is 2.11 bits per heavy atom. The van der Waals surface area contributed by atoms with Crippen molar-refractivity contribution < 1.29 is 4.79 Å². The Balaban J connectivity index is 1.97. The maximum atomic E-state index is 12.1. The van der Waals surface area contributed by atoms with E-state index in [4.69, 9.17) is 5.73 Å². The fourth-order valence-corrected chi connectivity index (χ4v) is 2.61. The lowest BCUT2D eigenvalue weighted by atomic mass is 10.0. The molecule has 4 nitrogen and oxygen atoms in total. The predicted molar refractivity (Wildman–Crippen MR) is 76.6 cm³/mol. The summed E-state index contributed by atoms with van der Waals surface area (Å²) in [6.45, 7) is 2.91. The minimum Gasteiger partial charge on any atom is -0.353 e. The Kier molecular flexibility index (Phi) is 5.36. The van der Waals surface area contributed by atoms with Gasteiger partial charge in [-0.2, -0.15) is 0 Å². The molecular formula is C15H23N3O. The topological polar surface area (TPSA) is 58.4 Å². The normalized spacial score (nSPS) is 20.2. The van der Waals surface area contributed by atoms with Crippen LogP contribution in [0.25, 0.3) is 0 Å². The van der Waals surface area contributed by atoms with Crippen molar-refractivity contribution in [2.75, 3.05) is 19.6 Å². The zero-order valence-corrected chi connectivity index (χ0v) is 11.3. The van der Waals surface area contributed by atoms with Crippen molar-refractivity contribution in [2.24, 2.45) is 5.73 Å². The van der Waals surface area contributed by atoms with Crippen LogP contribution < -0.4 is 11.1 Å². The van der Waals surface area contributed by atoms with Crippen LogP contribution in [0.4, 0.5) is 0 Å². The van der Waals surface area contributed by atoms with Crippen LogP contribution in [0.5, 0.6) is 0 Å². The Morgan fingerprint density at radius 3 is 2.84 bits per heavy atom. The van der Waals surface area contributed by atoms with Gasteiger partial charge in [0.25, 0.3) is 0 Å². The molecule has 1 heterocycles. The molecule has 19 heavy (non-hydrogen) atoms. The monoisotopic (exact) mass is 261 g/mol. The number of likely N-dealkylation sites (tertiary alicyclic amines) is 1. The Labute approximate surface area is 115 Å². The van der Waals surface area contributed by atoms with E-state index >= 15 is 0 Å². The van der Waals surface area contributed by atoms with Crippen LogP contribution in [-0.4, -0.2) is 36.5 Å². The molecule has 1 aliphatic heterocycles. The number of benzene rings is 1. The number of hydrogen-bond acceptors (Lipinski definition) is 3. The van der Waals surface area contributed by atoms with Gasteiger partial charge >= 0.3 is 0 Å². The van der Waals surface area contributed by atoms with E-state index in [0.717, 1.165) is 25.9 Å². The summed E-state index contributed by atoms with van der Waals surface area (Å²) in [6.07, 6.45) is 3.25. The summed E-state index contributed by atoms with van der Waals surface area (Å²) in [5.41, 5.74) is 6.70. The van der Waals surface area contributed by atoms with Crippen LogP contribution >= 0.6 is 0 Å². The van der Waals surface area contributed by atoms with E-state index in [2.05, 4.69) is 22.3 Å². The zero-order chi connectivity index (χ0) is 13.5. The lowest BCUT2D eigenvalue weighted by Gasteiger charge is -2.34. The average Bonchev–Trinajstić information content (AvgIpc) is 2.46. The predicted octanol–water partition coefficient (Wildman–Crippen LogP) is 1.12. The van der Waals surface area contributed by atoms with Gasteiger partial charge in [0.05, 0.1) is 6.04 Å². The van der Waals surface area contributed by atoms with Crippen LogP contribution in [0.1, 0.15) is 24.8 Å². The number of rotatable bonds is 5. The van der Waals surface area contributed by atoms with Gasteiger partial charge in [-0.15, -0.1) is 0 Å².